The molecule has 1 amide bonds. The number of hydrogen-bond donors (Lipinski definition) is 0. The highest BCUT2D eigenvalue weighted by molar-refractivity contribution is 6.02. The molecule has 1 unspecified atom stereocenters. The van der Waals surface area contributed by atoms with Crippen molar-refractivity contribution < 1.29 is 9.53 Å². The van der Waals surface area contributed by atoms with Crippen molar-refractivity contribution in [2.75, 3.05) is 13.1 Å². The molecule has 1 fully saturated rings. The van der Waals surface area contributed by atoms with Crippen LogP contribution in [0.2, 0.25) is 0 Å². The highest BCUT2D eigenvalue weighted by Crippen LogP contribution is 2.49. The Balaban J connectivity index is 1.54. The first-order valence-electron chi connectivity index (χ1n) is 10.4. The standard InChI is InChI=1S/C24H27N3O2/c1-16-8-9-19(14-17(16)2)21-15-22-20-6-4-5-7-23(20)29-24(27(22)25-21)10-12-26(13-11-24)18(3)28/h4-9,14,22H,10-13,15H2,1-3H3. The summed E-state index contributed by atoms with van der Waals surface area (Å²) in [6.45, 7) is 7.34. The summed E-state index contributed by atoms with van der Waals surface area (Å²) in [4.78, 5) is 13.7. The Morgan fingerprint density at radius 2 is 1.86 bits per heavy atom. The van der Waals surface area contributed by atoms with Crippen molar-refractivity contribution in [3.63, 3.8) is 0 Å². The number of piperidine rings is 1. The van der Waals surface area contributed by atoms with E-state index < -0.39 is 5.72 Å². The van der Waals surface area contributed by atoms with Gasteiger partial charge in [0.15, 0.2) is 0 Å². The number of likely N-dealkylation sites (tertiary alicyclic amines) is 1. The van der Waals surface area contributed by atoms with Crippen molar-refractivity contribution in [2.24, 2.45) is 5.10 Å². The molecule has 5 heteroatoms. The third-order valence-electron chi connectivity index (χ3n) is 6.74. The minimum atomic E-state index is -0.480. The van der Waals surface area contributed by atoms with Crippen LogP contribution >= 0.6 is 0 Å². The molecule has 150 valence electrons. The van der Waals surface area contributed by atoms with E-state index >= 15 is 0 Å². The Labute approximate surface area is 172 Å². The zero-order valence-corrected chi connectivity index (χ0v) is 17.3. The van der Waals surface area contributed by atoms with E-state index in [1.54, 1.807) is 6.92 Å². The SMILES string of the molecule is CC(=O)N1CCC2(CC1)Oc1ccccc1C1CC(c3ccc(C)c(C)c3)=NN12. The molecule has 0 bridgehead atoms. The maximum Gasteiger partial charge on any atom is 0.219 e. The van der Waals surface area contributed by atoms with Crippen LogP contribution in [0.5, 0.6) is 5.75 Å². The largest absolute Gasteiger partial charge is 0.466 e. The number of fused-ring (bicyclic) bond motifs is 4. The van der Waals surface area contributed by atoms with E-state index in [2.05, 4.69) is 55.3 Å². The molecule has 0 N–H and O–H groups in total. The van der Waals surface area contributed by atoms with Gasteiger partial charge < -0.3 is 9.64 Å². The molecule has 3 aliphatic heterocycles. The minimum Gasteiger partial charge on any atom is -0.466 e. The lowest BCUT2D eigenvalue weighted by Crippen LogP contribution is -2.59. The Bertz CT molecular complexity index is 1000. The smallest absolute Gasteiger partial charge is 0.219 e. The van der Waals surface area contributed by atoms with Gasteiger partial charge in [0.05, 0.1) is 11.8 Å². The Morgan fingerprint density at radius 1 is 1.10 bits per heavy atom. The van der Waals surface area contributed by atoms with Gasteiger partial charge in [-0.2, -0.15) is 5.10 Å². The Kier molecular flexibility index (Phi) is 4.16. The summed E-state index contributed by atoms with van der Waals surface area (Å²) >= 11 is 0. The average molecular weight is 389 g/mol. The number of amides is 1. The van der Waals surface area contributed by atoms with Gasteiger partial charge in [-0.1, -0.05) is 30.3 Å². The predicted molar refractivity (Wildman–Crippen MR) is 113 cm³/mol. The molecule has 1 spiro atoms. The van der Waals surface area contributed by atoms with Crippen LogP contribution in [0.25, 0.3) is 0 Å². The summed E-state index contributed by atoms with van der Waals surface area (Å²) < 4.78 is 6.61. The maximum atomic E-state index is 11.8. The van der Waals surface area contributed by atoms with Crippen LogP contribution in [0, 0.1) is 13.8 Å². The zero-order chi connectivity index (χ0) is 20.2. The number of aryl methyl sites for hydroxylation is 2. The van der Waals surface area contributed by atoms with Crippen LogP contribution in [0.3, 0.4) is 0 Å². The third-order valence-corrected chi connectivity index (χ3v) is 6.74. The number of hydrazone groups is 1. The molecule has 5 nitrogen and oxygen atoms in total. The van der Waals surface area contributed by atoms with E-state index in [0.717, 1.165) is 30.7 Å². The first-order valence-corrected chi connectivity index (χ1v) is 10.4. The summed E-state index contributed by atoms with van der Waals surface area (Å²) in [5.74, 6) is 1.09. The van der Waals surface area contributed by atoms with Crippen molar-refractivity contribution in [3.8, 4) is 5.75 Å². The molecule has 0 aromatic heterocycles. The molecule has 0 radical (unpaired) electrons. The monoisotopic (exact) mass is 389 g/mol. The number of rotatable bonds is 1. The summed E-state index contributed by atoms with van der Waals surface area (Å²) in [5, 5.41) is 7.32. The molecule has 2 aromatic carbocycles. The lowest BCUT2D eigenvalue weighted by Gasteiger charge is -2.51. The van der Waals surface area contributed by atoms with Crippen LogP contribution in [-0.4, -0.2) is 40.3 Å². The van der Waals surface area contributed by atoms with Crippen LogP contribution in [0.15, 0.2) is 47.6 Å². The van der Waals surface area contributed by atoms with Crippen molar-refractivity contribution in [2.45, 2.75) is 51.8 Å². The van der Waals surface area contributed by atoms with Crippen molar-refractivity contribution in [1.82, 2.24) is 9.91 Å². The second-order valence-corrected chi connectivity index (χ2v) is 8.50. The number of hydrogen-bond acceptors (Lipinski definition) is 4. The van der Waals surface area contributed by atoms with Gasteiger partial charge in [-0.3, -0.25) is 4.79 Å². The molecule has 0 aliphatic carbocycles. The van der Waals surface area contributed by atoms with Crippen molar-refractivity contribution >= 4 is 11.6 Å². The van der Waals surface area contributed by atoms with Gasteiger partial charge >= 0.3 is 0 Å². The normalized spacial score (nSPS) is 22.0. The Morgan fingerprint density at radius 3 is 2.59 bits per heavy atom. The van der Waals surface area contributed by atoms with Gasteiger partial charge in [-0.05, 0) is 42.7 Å². The topological polar surface area (TPSA) is 45.1 Å². The van der Waals surface area contributed by atoms with Gasteiger partial charge in [0.25, 0.3) is 0 Å². The zero-order valence-electron chi connectivity index (χ0n) is 17.3. The van der Waals surface area contributed by atoms with Gasteiger partial charge in [-0.15, -0.1) is 0 Å². The summed E-state index contributed by atoms with van der Waals surface area (Å²) in [7, 11) is 0. The molecular weight excluding hydrogens is 362 g/mol. The van der Waals surface area contributed by atoms with Crippen molar-refractivity contribution in [1.29, 1.82) is 0 Å². The number of nitrogens with zero attached hydrogens (tertiary/aromatic N) is 3. The molecule has 0 saturated carbocycles. The molecule has 2 aromatic rings. The second-order valence-electron chi connectivity index (χ2n) is 8.50. The van der Waals surface area contributed by atoms with Gasteiger partial charge in [0, 0.05) is 44.8 Å². The molecule has 5 rings (SSSR count). The van der Waals surface area contributed by atoms with E-state index in [9.17, 15) is 4.79 Å². The van der Waals surface area contributed by atoms with E-state index in [1.807, 2.05) is 11.0 Å². The highest BCUT2D eigenvalue weighted by atomic mass is 16.5. The number of para-hydroxylation sites is 1. The van der Waals surface area contributed by atoms with Crippen LogP contribution < -0.4 is 4.74 Å². The highest BCUT2D eigenvalue weighted by Gasteiger charge is 2.52. The fraction of sp³-hybridized carbons (Fsp3) is 0.417. The van der Waals surface area contributed by atoms with Gasteiger partial charge in [0.2, 0.25) is 11.6 Å². The van der Waals surface area contributed by atoms with E-state index in [-0.39, 0.29) is 11.9 Å². The lowest BCUT2D eigenvalue weighted by molar-refractivity contribution is -0.158. The fourth-order valence-electron chi connectivity index (χ4n) is 4.83. The van der Waals surface area contributed by atoms with Crippen LogP contribution in [0.1, 0.15) is 54.5 Å². The van der Waals surface area contributed by atoms with Crippen LogP contribution in [0.4, 0.5) is 0 Å². The maximum absolute atomic E-state index is 11.8. The first kappa shape index (κ1) is 18.2. The van der Waals surface area contributed by atoms with E-state index in [4.69, 9.17) is 9.84 Å². The third kappa shape index (κ3) is 2.91. The minimum absolute atomic E-state index is 0.133. The molecular formula is C24H27N3O2. The predicted octanol–water partition coefficient (Wildman–Crippen LogP) is 4.19. The van der Waals surface area contributed by atoms with E-state index in [1.165, 1.54) is 22.3 Å². The van der Waals surface area contributed by atoms with Crippen LogP contribution in [-0.2, 0) is 4.79 Å². The molecule has 3 heterocycles. The van der Waals surface area contributed by atoms with Crippen molar-refractivity contribution in [3.05, 3.63) is 64.7 Å². The van der Waals surface area contributed by atoms with Gasteiger partial charge in [0.1, 0.15) is 5.75 Å². The quantitative estimate of drug-likeness (QED) is 0.735. The number of ether oxygens (including phenoxy) is 1. The summed E-state index contributed by atoms with van der Waals surface area (Å²) in [6, 6.07) is 15.1. The van der Waals surface area contributed by atoms with Gasteiger partial charge in [-0.25, -0.2) is 5.01 Å². The average Bonchev–Trinajstić information content (AvgIpc) is 3.17. The molecule has 1 atom stereocenters. The number of carbonyl (C=O) groups is 1. The molecule has 1 saturated heterocycles. The number of carbonyl (C=O) groups excluding carboxylic acids is 1. The number of benzene rings is 2. The first-order chi connectivity index (χ1) is 14.0. The second kappa shape index (κ2) is 6.61. The molecule has 29 heavy (non-hydrogen) atoms. The summed E-state index contributed by atoms with van der Waals surface area (Å²) in [6.07, 6.45) is 2.41. The molecule has 3 aliphatic rings. The fourth-order valence-corrected chi connectivity index (χ4v) is 4.83. The summed E-state index contributed by atoms with van der Waals surface area (Å²) in [5.41, 5.74) is 5.62. The van der Waals surface area contributed by atoms with E-state index in [0.29, 0.717) is 13.1 Å². The lowest BCUT2D eigenvalue weighted by atomic mass is 9.90. The Hall–Kier alpha value is -2.82.